The molecule has 0 aromatic heterocycles. The fourth-order valence-electron chi connectivity index (χ4n) is 2.88. The average molecular weight is 380 g/mol. The molecule has 0 atom stereocenters. The van der Waals surface area contributed by atoms with Crippen LogP contribution >= 0.6 is 0 Å². The average Bonchev–Trinajstić information content (AvgIpc) is 2.69. The maximum atomic E-state index is 13.1. The van der Waals surface area contributed by atoms with Gasteiger partial charge in [-0.15, -0.1) is 0 Å². The lowest BCUT2D eigenvalue weighted by Gasteiger charge is -2.15. The first-order valence-corrected chi connectivity index (χ1v) is 9.91. The van der Waals surface area contributed by atoms with Crippen molar-refractivity contribution in [3.8, 4) is 11.1 Å². The summed E-state index contributed by atoms with van der Waals surface area (Å²) in [5.74, 6) is -0.266. The lowest BCUT2D eigenvalue weighted by molar-refractivity contribution is 0.0962. The molecule has 0 aliphatic heterocycles. The Morgan fingerprint density at radius 3 is 2.22 bits per heavy atom. The molecule has 0 aliphatic carbocycles. The van der Waals surface area contributed by atoms with E-state index in [0.717, 1.165) is 5.56 Å². The summed E-state index contributed by atoms with van der Waals surface area (Å²) in [6.45, 7) is 1.71. The molecule has 3 aromatic carbocycles. The molecule has 3 rings (SSSR count). The zero-order valence-corrected chi connectivity index (χ0v) is 15.9. The zero-order chi connectivity index (χ0) is 19.4. The fraction of sp³-hybridized carbons (Fsp3) is 0.0952. The Hall–Kier alpha value is -3.12. The second-order valence-electron chi connectivity index (χ2n) is 6.02. The van der Waals surface area contributed by atoms with Crippen LogP contribution < -0.4 is 10.0 Å². The van der Waals surface area contributed by atoms with E-state index in [4.69, 9.17) is 0 Å². The first kappa shape index (κ1) is 18.7. The van der Waals surface area contributed by atoms with E-state index in [1.807, 2.05) is 30.3 Å². The van der Waals surface area contributed by atoms with Gasteiger partial charge in [-0.2, -0.15) is 0 Å². The summed E-state index contributed by atoms with van der Waals surface area (Å²) in [6, 6.07) is 21.1. The Balaban J connectivity index is 2.04. The third-order valence-corrected chi connectivity index (χ3v) is 5.73. The number of anilines is 1. The van der Waals surface area contributed by atoms with E-state index in [-0.39, 0.29) is 10.8 Å². The van der Waals surface area contributed by atoms with Crippen LogP contribution in [0.4, 0.5) is 5.69 Å². The second kappa shape index (κ2) is 7.63. The van der Waals surface area contributed by atoms with Crippen molar-refractivity contribution in [3.05, 3.63) is 83.9 Å². The van der Waals surface area contributed by atoms with E-state index in [1.165, 1.54) is 7.05 Å². The van der Waals surface area contributed by atoms with E-state index in [1.54, 1.807) is 49.4 Å². The molecule has 5 nitrogen and oxygen atoms in total. The lowest BCUT2D eigenvalue weighted by atomic mass is 10.1. The maximum absolute atomic E-state index is 13.1. The minimum absolute atomic E-state index is 0.181. The summed E-state index contributed by atoms with van der Waals surface area (Å²) in [4.78, 5) is 12.2. The highest BCUT2D eigenvalue weighted by Crippen LogP contribution is 2.29. The van der Waals surface area contributed by atoms with Crippen molar-refractivity contribution in [3.63, 3.8) is 0 Å². The summed E-state index contributed by atoms with van der Waals surface area (Å²) in [5.41, 5.74) is 2.80. The Labute approximate surface area is 159 Å². The third-order valence-electron chi connectivity index (χ3n) is 4.31. The summed E-state index contributed by atoms with van der Waals surface area (Å²) in [7, 11) is -2.31. The Morgan fingerprint density at radius 2 is 1.52 bits per heavy atom. The number of rotatable bonds is 5. The summed E-state index contributed by atoms with van der Waals surface area (Å²) in [6.07, 6.45) is 0. The molecule has 0 fully saturated rings. The molecule has 0 spiro atoms. The lowest BCUT2D eigenvalue weighted by Crippen LogP contribution is -2.20. The molecule has 2 N–H and O–H groups in total. The zero-order valence-electron chi connectivity index (χ0n) is 15.1. The highest BCUT2D eigenvalue weighted by molar-refractivity contribution is 7.92. The van der Waals surface area contributed by atoms with Crippen molar-refractivity contribution in [2.45, 2.75) is 11.8 Å². The predicted molar refractivity (Wildman–Crippen MR) is 107 cm³/mol. The second-order valence-corrected chi connectivity index (χ2v) is 7.68. The van der Waals surface area contributed by atoms with Crippen molar-refractivity contribution < 1.29 is 13.2 Å². The van der Waals surface area contributed by atoms with Gasteiger partial charge in [0, 0.05) is 18.2 Å². The van der Waals surface area contributed by atoms with Crippen molar-refractivity contribution in [2.75, 3.05) is 11.8 Å². The van der Waals surface area contributed by atoms with Crippen molar-refractivity contribution in [1.29, 1.82) is 0 Å². The van der Waals surface area contributed by atoms with Crippen molar-refractivity contribution in [1.82, 2.24) is 5.32 Å². The monoisotopic (exact) mass is 380 g/mol. The van der Waals surface area contributed by atoms with Crippen LogP contribution in [-0.4, -0.2) is 21.4 Å². The van der Waals surface area contributed by atoms with Crippen LogP contribution in [0.1, 0.15) is 15.9 Å². The normalized spacial score (nSPS) is 11.0. The van der Waals surface area contributed by atoms with Gasteiger partial charge >= 0.3 is 0 Å². The van der Waals surface area contributed by atoms with E-state index >= 15 is 0 Å². The molecule has 1 amide bonds. The molecule has 0 unspecified atom stereocenters. The highest BCUT2D eigenvalue weighted by Gasteiger charge is 2.21. The van der Waals surface area contributed by atoms with Gasteiger partial charge in [-0.1, -0.05) is 54.6 Å². The molecule has 6 heteroatoms. The topological polar surface area (TPSA) is 75.3 Å². The van der Waals surface area contributed by atoms with E-state index in [9.17, 15) is 13.2 Å². The summed E-state index contributed by atoms with van der Waals surface area (Å²) < 4.78 is 28.8. The molecule has 138 valence electrons. The molecule has 0 saturated carbocycles. The van der Waals surface area contributed by atoms with Crippen LogP contribution in [0.25, 0.3) is 11.1 Å². The molecule has 0 bridgehead atoms. The molecule has 0 aliphatic rings. The Kier molecular flexibility index (Phi) is 5.28. The van der Waals surface area contributed by atoms with Crippen LogP contribution in [0.3, 0.4) is 0 Å². The number of amides is 1. The van der Waals surface area contributed by atoms with Gasteiger partial charge in [0.15, 0.2) is 0 Å². The van der Waals surface area contributed by atoms with Gasteiger partial charge in [-0.25, -0.2) is 8.42 Å². The first-order valence-electron chi connectivity index (χ1n) is 8.43. The molecular formula is C21H20N2O3S. The quantitative estimate of drug-likeness (QED) is 0.706. The standard InChI is InChI=1S/C21H20N2O3S/c1-15-17(21(24)22-2)12-8-13-19(15)23-27(25,26)20-14-7-6-11-18(20)16-9-4-3-5-10-16/h3-14,23H,1-2H3,(H,22,24). The minimum Gasteiger partial charge on any atom is -0.355 e. The molecule has 0 heterocycles. The van der Waals surface area contributed by atoms with Crippen LogP contribution in [0.2, 0.25) is 0 Å². The highest BCUT2D eigenvalue weighted by atomic mass is 32.2. The largest absolute Gasteiger partial charge is 0.355 e. The maximum Gasteiger partial charge on any atom is 0.262 e. The Morgan fingerprint density at radius 1 is 0.852 bits per heavy atom. The van der Waals surface area contributed by atoms with Crippen LogP contribution in [0, 0.1) is 6.92 Å². The van der Waals surface area contributed by atoms with Gasteiger partial charge in [-0.3, -0.25) is 9.52 Å². The fourth-order valence-corrected chi connectivity index (χ4v) is 4.24. The van der Waals surface area contributed by atoms with Gasteiger partial charge in [0.1, 0.15) is 0 Å². The number of carbonyl (C=O) groups excluding carboxylic acids is 1. The molecule has 27 heavy (non-hydrogen) atoms. The smallest absolute Gasteiger partial charge is 0.262 e. The van der Waals surface area contributed by atoms with Gasteiger partial charge in [0.25, 0.3) is 15.9 Å². The molecule has 0 saturated heterocycles. The molecular weight excluding hydrogens is 360 g/mol. The number of sulfonamides is 1. The van der Waals surface area contributed by atoms with Crippen LogP contribution in [-0.2, 0) is 10.0 Å². The number of nitrogens with one attached hydrogen (secondary N) is 2. The van der Waals surface area contributed by atoms with E-state index in [0.29, 0.717) is 22.4 Å². The first-order chi connectivity index (χ1) is 12.9. The van der Waals surface area contributed by atoms with Crippen molar-refractivity contribution >= 4 is 21.6 Å². The van der Waals surface area contributed by atoms with Crippen LogP contribution in [0.5, 0.6) is 0 Å². The van der Waals surface area contributed by atoms with Gasteiger partial charge in [0.2, 0.25) is 0 Å². The van der Waals surface area contributed by atoms with E-state index < -0.39 is 10.0 Å². The van der Waals surface area contributed by atoms with Crippen molar-refractivity contribution in [2.24, 2.45) is 0 Å². The number of benzene rings is 3. The molecule has 3 aromatic rings. The Bertz CT molecular complexity index is 1080. The van der Waals surface area contributed by atoms with Gasteiger partial charge < -0.3 is 5.32 Å². The number of hydrogen-bond acceptors (Lipinski definition) is 3. The van der Waals surface area contributed by atoms with Crippen LogP contribution in [0.15, 0.2) is 77.7 Å². The predicted octanol–water partition coefficient (Wildman–Crippen LogP) is 3.82. The minimum atomic E-state index is -3.85. The van der Waals surface area contributed by atoms with Gasteiger partial charge in [-0.05, 0) is 36.2 Å². The SMILES string of the molecule is CNC(=O)c1cccc(NS(=O)(=O)c2ccccc2-c2ccccc2)c1C. The van der Waals surface area contributed by atoms with E-state index in [2.05, 4.69) is 10.0 Å². The number of carbonyl (C=O) groups is 1. The summed E-state index contributed by atoms with van der Waals surface area (Å²) in [5, 5.41) is 2.56. The summed E-state index contributed by atoms with van der Waals surface area (Å²) >= 11 is 0. The number of hydrogen-bond donors (Lipinski definition) is 2. The van der Waals surface area contributed by atoms with Gasteiger partial charge in [0.05, 0.1) is 10.6 Å². The molecule has 0 radical (unpaired) electrons. The third kappa shape index (κ3) is 3.85.